The van der Waals surface area contributed by atoms with Crippen LogP contribution in [0, 0.1) is 18.6 Å². The molecule has 0 aliphatic heterocycles. The number of aromatic nitrogens is 3. The Labute approximate surface area is 181 Å². The normalized spacial score (nSPS) is 11.1. The van der Waals surface area contributed by atoms with E-state index in [1.165, 1.54) is 36.5 Å². The van der Waals surface area contributed by atoms with Crippen molar-refractivity contribution in [2.75, 3.05) is 12.4 Å². The van der Waals surface area contributed by atoms with E-state index in [1.54, 1.807) is 30.7 Å². The Morgan fingerprint density at radius 1 is 1.19 bits per heavy atom. The number of ether oxygens (including phenoxy) is 1. The monoisotopic (exact) mass is 442 g/mol. The van der Waals surface area contributed by atoms with Crippen LogP contribution in [0.4, 0.5) is 14.5 Å². The van der Waals surface area contributed by atoms with Gasteiger partial charge in [0.15, 0.2) is 5.65 Å². The zero-order valence-electron chi connectivity index (χ0n) is 16.6. The Bertz CT molecular complexity index is 1290. The number of carbonyl (C=O) groups excluding carboxylic acids is 1. The fraction of sp³-hybridized carbons (Fsp3) is 0.136. The summed E-state index contributed by atoms with van der Waals surface area (Å²) in [6, 6.07) is 9.91. The molecule has 0 saturated carbocycles. The van der Waals surface area contributed by atoms with E-state index < -0.39 is 11.7 Å². The van der Waals surface area contributed by atoms with Crippen LogP contribution < -0.4 is 5.32 Å². The summed E-state index contributed by atoms with van der Waals surface area (Å²) in [5.41, 5.74) is 3.72. The zero-order valence-corrected chi connectivity index (χ0v) is 17.4. The lowest BCUT2D eigenvalue weighted by Crippen LogP contribution is -2.16. The molecule has 0 radical (unpaired) electrons. The Hall–Kier alpha value is -3.36. The van der Waals surface area contributed by atoms with Crippen LogP contribution in [0.15, 0.2) is 48.7 Å². The minimum Gasteiger partial charge on any atom is -0.378 e. The third-order valence-corrected chi connectivity index (χ3v) is 5.08. The molecule has 31 heavy (non-hydrogen) atoms. The highest BCUT2D eigenvalue weighted by atomic mass is 35.5. The summed E-state index contributed by atoms with van der Waals surface area (Å²) in [5.74, 6) is -1.37. The van der Waals surface area contributed by atoms with Gasteiger partial charge in [0.1, 0.15) is 11.6 Å². The summed E-state index contributed by atoms with van der Waals surface area (Å²) in [6.07, 6.45) is 1.44. The van der Waals surface area contributed by atoms with E-state index in [0.29, 0.717) is 28.3 Å². The topological polar surface area (TPSA) is 68.5 Å². The molecule has 0 aliphatic rings. The quantitative estimate of drug-likeness (QED) is 0.470. The van der Waals surface area contributed by atoms with Crippen LogP contribution in [-0.4, -0.2) is 27.6 Å². The molecule has 1 N–H and O–H groups in total. The number of methoxy groups -OCH3 is 1. The summed E-state index contributed by atoms with van der Waals surface area (Å²) >= 11 is 5.78. The van der Waals surface area contributed by atoms with Crippen molar-refractivity contribution in [1.82, 2.24) is 14.6 Å². The fourth-order valence-corrected chi connectivity index (χ4v) is 3.47. The van der Waals surface area contributed by atoms with Crippen LogP contribution in [0.1, 0.15) is 21.7 Å². The van der Waals surface area contributed by atoms with E-state index in [1.807, 2.05) is 0 Å². The Balaban J connectivity index is 1.77. The first-order valence-corrected chi connectivity index (χ1v) is 9.65. The Morgan fingerprint density at radius 2 is 1.94 bits per heavy atom. The zero-order chi connectivity index (χ0) is 22.1. The van der Waals surface area contributed by atoms with Crippen molar-refractivity contribution in [3.8, 4) is 11.1 Å². The van der Waals surface area contributed by atoms with Crippen molar-refractivity contribution in [2.24, 2.45) is 0 Å². The van der Waals surface area contributed by atoms with E-state index in [4.69, 9.17) is 16.3 Å². The van der Waals surface area contributed by atoms with Crippen molar-refractivity contribution >= 4 is 28.8 Å². The highest BCUT2D eigenvalue weighted by molar-refractivity contribution is 6.31. The van der Waals surface area contributed by atoms with E-state index >= 15 is 0 Å². The number of anilines is 1. The summed E-state index contributed by atoms with van der Waals surface area (Å²) in [5, 5.41) is 7.15. The molecule has 0 bridgehead atoms. The van der Waals surface area contributed by atoms with Gasteiger partial charge in [-0.05, 0) is 42.8 Å². The van der Waals surface area contributed by atoms with Gasteiger partial charge in [-0.15, -0.1) is 0 Å². The number of aryl methyl sites for hydroxylation is 1. The van der Waals surface area contributed by atoms with Crippen molar-refractivity contribution in [3.63, 3.8) is 0 Å². The van der Waals surface area contributed by atoms with Crippen LogP contribution in [0.5, 0.6) is 0 Å². The predicted molar refractivity (Wildman–Crippen MR) is 113 cm³/mol. The van der Waals surface area contributed by atoms with Gasteiger partial charge in [-0.25, -0.2) is 18.3 Å². The SMILES string of the molecule is COCc1nn2c(C)c(C(=O)Nc3ccc(F)c(Cl)c3)cnc2c1-c1ccc(F)cc1. The van der Waals surface area contributed by atoms with Crippen LogP contribution >= 0.6 is 11.6 Å². The second-order valence-electron chi connectivity index (χ2n) is 6.84. The number of benzene rings is 2. The summed E-state index contributed by atoms with van der Waals surface area (Å²) in [4.78, 5) is 17.2. The number of nitrogens with one attached hydrogen (secondary N) is 1. The standard InChI is InChI=1S/C22H17ClF2N4O2/c1-12-16(22(30)27-15-7-8-18(25)17(23)9-15)10-26-21-20(13-3-5-14(24)6-4-13)19(11-31-2)28-29(12)21/h3-10H,11H2,1-2H3,(H,27,30). The van der Waals surface area contributed by atoms with E-state index in [-0.39, 0.29) is 23.0 Å². The van der Waals surface area contributed by atoms with Crippen molar-refractivity contribution in [3.05, 3.63) is 82.3 Å². The van der Waals surface area contributed by atoms with E-state index in [2.05, 4.69) is 15.4 Å². The van der Waals surface area contributed by atoms with Crippen LogP contribution in [0.25, 0.3) is 16.8 Å². The molecule has 2 heterocycles. The number of hydrogen-bond donors (Lipinski definition) is 1. The van der Waals surface area contributed by atoms with Gasteiger partial charge in [0.2, 0.25) is 0 Å². The summed E-state index contributed by atoms with van der Waals surface area (Å²) < 4.78 is 33.6. The van der Waals surface area contributed by atoms with Crippen LogP contribution in [0.3, 0.4) is 0 Å². The highest BCUT2D eigenvalue weighted by Crippen LogP contribution is 2.29. The van der Waals surface area contributed by atoms with Gasteiger partial charge in [0.05, 0.1) is 34.1 Å². The molecule has 0 fully saturated rings. The second-order valence-corrected chi connectivity index (χ2v) is 7.24. The number of nitrogens with zero attached hydrogens (tertiary/aromatic N) is 3. The minimum absolute atomic E-state index is 0.0941. The van der Waals surface area contributed by atoms with Crippen LogP contribution in [0.2, 0.25) is 5.02 Å². The number of fused-ring (bicyclic) bond motifs is 1. The third kappa shape index (κ3) is 3.99. The smallest absolute Gasteiger partial charge is 0.259 e. The number of halogens is 3. The van der Waals surface area contributed by atoms with Gasteiger partial charge in [-0.1, -0.05) is 23.7 Å². The largest absolute Gasteiger partial charge is 0.378 e. The lowest BCUT2D eigenvalue weighted by Gasteiger charge is -2.09. The average molecular weight is 443 g/mol. The molecule has 0 spiro atoms. The van der Waals surface area contributed by atoms with Gasteiger partial charge < -0.3 is 10.1 Å². The summed E-state index contributed by atoms with van der Waals surface area (Å²) in [6.45, 7) is 1.95. The lowest BCUT2D eigenvalue weighted by molar-refractivity contribution is 0.102. The maximum Gasteiger partial charge on any atom is 0.259 e. The Morgan fingerprint density at radius 3 is 2.61 bits per heavy atom. The molecule has 2 aromatic heterocycles. The Kier molecular flexibility index (Phi) is 5.67. The van der Waals surface area contributed by atoms with Crippen molar-refractivity contribution < 1.29 is 18.3 Å². The van der Waals surface area contributed by atoms with Crippen molar-refractivity contribution in [1.29, 1.82) is 0 Å². The first kappa shape index (κ1) is 20.9. The maximum atomic E-state index is 13.4. The van der Waals surface area contributed by atoms with Gasteiger partial charge in [0.25, 0.3) is 5.91 Å². The fourth-order valence-electron chi connectivity index (χ4n) is 3.28. The molecule has 158 valence electrons. The van der Waals surface area contributed by atoms with E-state index in [0.717, 1.165) is 5.56 Å². The van der Waals surface area contributed by atoms with Gasteiger partial charge >= 0.3 is 0 Å². The third-order valence-electron chi connectivity index (χ3n) is 4.79. The average Bonchev–Trinajstić information content (AvgIpc) is 3.11. The maximum absolute atomic E-state index is 13.4. The van der Waals surface area contributed by atoms with Crippen LogP contribution in [-0.2, 0) is 11.3 Å². The molecule has 4 rings (SSSR count). The molecular weight excluding hydrogens is 426 g/mol. The van der Waals surface area contributed by atoms with Gasteiger partial charge in [-0.3, -0.25) is 4.79 Å². The highest BCUT2D eigenvalue weighted by Gasteiger charge is 2.21. The minimum atomic E-state index is -0.575. The van der Waals surface area contributed by atoms with E-state index in [9.17, 15) is 13.6 Å². The molecule has 0 atom stereocenters. The molecule has 2 aromatic carbocycles. The van der Waals surface area contributed by atoms with Gasteiger partial charge in [0, 0.05) is 19.0 Å². The number of carbonyl (C=O) groups is 1. The number of hydrogen-bond acceptors (Lipinski definition) is 4. The molecule has 6 nitrogen and oxygen atoms in total. The lowest BCUT2D eigenvalue weighted by atomic mass is 10.1. The predicted octanol–water partition coefficient (Wildman–Crippen LogP) is 5.04. The number of amides is 1. The molecule has 0 saturated heterocycles. The summed E-state index contributed by atoms with van der Waals surface area (Å²) in [7, 11) is 1.55. The first-order valence-electron chi connectivity index (χ1n) is 9.27. The molecule has 0 aliphatic carbocycles. The van der Waals surface area contributed by atoms with Crippen molar-refractivity contribution in [2.45, 2.75) is 13.5 Å². The first-order chi connectivity index (χ1) is 14.9. The number of rotatable bonds is 5. The molecule has 9 heteroatoms. The molecule has 1 amide bonds. The molecule has 0 unspecified atom stereocenters. The molecule has 4 aromatic rings. The van der Waals surface area contributed by atoms with Gasteiger partial charge in [-0.2, -0.15) is 5.10 Å². The second kappa shape index (κ2) is 8.41. The molecular formula is C22H17ClF2N4O2.